The lowest BCUT2D eigenvalue weighted by Gasteiger charge is -2.19. The molecule has 8 aromatic carbocycles. The lowest BCUT2D eigenvalue weighted by atomic mass is 9.84. The summed E-state index contributed by atoms with van der Waals surface area (Å²) in [6, 6.07) is 41.8. The lowest BCUT2D eigenvalue weighted by molar-refractivity contribution is 0.669. The van der Waals surface area contributed by atoms with Gasteiger partial charge < -0.3 is 4.42 Å². The Bertz CT molecular complexity index is 2710. The van der Waals surface area contributed by atoms with Crippen molar-refractivity contribution >= 4 is 54.3 Å². The molecule has 1 aromatic heterocycles. The first-order valence-corrected chi connectivity index (χ1v) is 14.4. The van der Waals surface area contributed by atoms with Gasteiger partial charge in [-0.05, 0) is 83.9 Å². The molecule has 0 aliphatic carbocycles. The minimum Gasteiger partial charge on any atom is -0.456 e. The highest BCUT2D eigenvalue weighted by Crippen LogP contribution is 2.46. The number of fused-ring (bicyclic) bond motifs is 6. The summed E-state index contributed by atoms with van der Waals surface area (Å²) in [5.41, 5.74) is 6.90. The Hall–Kier alpha value is -5.66. The number of hydrogen-bond acceptors (Lipinski definition) is 1. The molecule has 0 bridgehead atoms. The molecule has 0 aliphatic rings. The van der Waals surface area contributed by atoms with Crippen LogP contribution in [-0.4, -0.2) is 0 Å². The quantitative estimate of drug-likeness (QED) is 0.199. The summed E-state index contributed by atoms with van der Waals surface area (Å²) >= 11 is 0. The topological polar surface area (TPSA) is 13.1 Å². The van der Waals surface area contributed by atoms with Gasteiger partial charge in [0.2, 0.25) is 0 Å². The van der Waals surface area contributed by atoms with Crippen LogP contribution in [-0.2, 0) is 0 Å². The summed E-state index contributed by atoms with van der Waals surface area (Å²) in [6.45, 7) is 0. The highest BCUT2D eigenvalue weighted by molar-refractivity contribution is 6.24. The van der Waals surface area contributed by atoms with Gasteiger partial charge in [-0.3, -0.25) is 0 Å². The Morgan fingerprint density at radius 1 is 0.372 bits per heavy atom. The molecule has 0 spiro atoms. The zero-order chi connectivity index (χ0) is 32.7. The molecule has 1 nitrogen and oxygen atoms in total. The first-order chi connectivity index (χ1) is 23.4. The molecule has 0 saturated heterocycles. The summed E-state index contributed by atoms with van der Waals surface area (Å²) < 4.78 is 48.9. The maximum atomic E-state index is 8.86. The SMILES string of the molecule is [2H]c1c([2H])c([2H])c(-c2c3ccccc3c(-c3ccc(-c4ccc5oc6ccccc6c5c4)c4ccccc34)c3ccccc23)c([2H])c1[2H]. The van der Waals surface area contributed by atoms with E-state index in [-0.39, 0.29) is 29.7 Å². The Morgan fingerprint density at radius 3 is 1.56 bits per heavy atom. The second-order valence-corrected chi connectivity index (χ2v) is 10.9. The molecule has 0 amide bonds. The molecule has 0 atom stereocenters. The highest BCUT2D eigenvalue weighted by atomic mass is 16.3. The van der Waals surface area contributed by atoms with E-state index in [1.165, 1.54) is 0 Å². The van der Waals surface area contributed by atoms with Crippen LogP contribution in [0.2, 0.25) is 0 Å². The largest absolute Gasteiger partial charge is 0.456 e. The molecule has 0 unspecified atom stereocenters. The standard InChI is InChI=1S/C42H26O/c1-2-12-27(13-3-1)41-33-17-6-8-19-35(33)42(36-20-9-7-18-34(36)41)37-24-23-29(30-14-4-5-15-31(30)37)28-22-25-40-38(26-28)32-16-10-11-21-39(32)43-40/h1-26H/i1D,2D,3D,12D,13D. The Kier molecular flexibility index (Phi) is 4.27. The van der Waals surface area contributed by atoms with E-state index >= 15 is 0 Å². The minimum absolute atomic E-state index is 0.207. The number of benzene rings is 8. The molecule has 1 heteroatoms. The first-order valence-electron chi connectivity index (χ1n) is 16.9. The van der Waals surface area contributed by atoms with E-state index in [1.54, 1.807) is 0 Å². The van der Waals surface area contributed by atoms with Crippen LogP contribution in [0.1, 0.15) is 6.85 Å². The van der Waals surface area contributed by atoms with Gasteiger partial charge in [0.1, 0.15) is 11.2 Å². The smallest absolute Gasteiger partial charge is 0.135 e. The molecule has 9 rings (SSSR count). The van der Waals surface area contributed by atoms with Crippen LogP contribution in [0.4, 0.5) is 0 Å². The predicted octanol–water partition coefficient (Wildman–Crippen LogP) is 12.0. The summed E-state index contributed by atoms with van der Waals surface area (Å²) in [7, 11) is 0. The van der Waals surface area contributed by atoms with Gasteiger partial charge in [0.05, 0.1) is 6.85 Å². The Balaban J connectivity index is 1.35. The zero-order valence-corrected chi connectivity index (χ0v) is 23.0. The van der Waals surface area contributed by atoms with Gasteiger partial charge in [-0.2, -0.15) is 0 Å². The summed E-state index contributed by atoms with van der Waals surface area (Å²) in [4.78, 5) is 0. The zero-order valence-electron chi connectivity index (χ0n) is 28.0. The average Bonchev–Trinajstić information content (AvgIpc) is 3.51. The molecule has 43 heavy (non-hydrogen) atoms. The van der Waals surface area contributed by atoms with Crippen molar-refractivity contribution in [2.45, 2.75) is 0 Å². The van der Waals surface area contributed by atoms with Crippen LogP contribution in [0.5, 0.6) is 0 Å². The molecule has 0 N–H and O–H groups in total. The monoisotopic (exact) mass is 551 g/mol. The normalized spacial score (nSPS) is 13.3. The van der Waals surface area contributed by atoms with E-state index in [4.69, 9.17) is 11.3 Å². The van der Waals surface area contributed by atoms with E-state index < -0.39 is 6.04 Å². The van der Waals surface area contributed by atoms with Gasteiger partial charge in [-0.15, -0.1) is 0 Å². The van der Waals surface area contributed by atoms with Crippen molar-refractivity contribution in [3.05, 3.63) is 158 Å². The van der Waals surface area contributed by atoms with Crippen molar-refractivity contribution in [1.82, 2.24) is 0 Å². The van der Waals surface area contributed by atoms with Gasteiger partial charge in [0.15, 0.2) is 0 Å². The Morgan fingerprint density at radius 2 is 0.884 bits per heavy atom. The maximum absolute atomic E-state index is 8.86. The van der Waals surface area contributed by atoms with Crippen LogP contribution < -0.4 is 0 Å². The lowest BCUT2D eigenvalue weighted by Crippen LogP contribution is -1.92. The van der Waals surface area contributed by atoms with Crippen molar-refractivity contribution in [2.75, 3.05) is 0 Å². The Labute approximate surface area is 256 Å². The second-order valence-electron chi connectivity index (χ2n) is 10.9. The van der Waals surface area contributed by atoms with E-state index in [1.807, 2.05) is 60.7 Å². The predicted molar refractivity (Wildman–Crippen MR) is 183 cm³/mol. The van der Waals surface area contributed by atoms with Crippen LogP contribution in [0.3, 0.4) is 0 Å². The van der Waals surface area contributed by atoms with E-state index in [9.17, 15) is 0 Å². The average molecular weight is 552 g/mol. The van der Waals surface area contributed by atoms with Gasteiger partial charge in [-0.1, -0.05) is 139 Å². The second kappa shape index (κ2) is 9.44. The fourth-order valence-electron chi connectivity index (χ4n) is 6.73. The molecule has 1 heterocycles. The number of furan rings is 1. The van der Waals surface area contributed by atoms with Gasteiger partial charge in [0.25, 0.3) is 0 Å². The highest BCUT2D eigenvalue weighted by Gasteiger charge is 2.19. The number of para-hydroxylation sites is 1. The molecule has 9 aromatic rings. The van der Waals surface area contributed by atoms with Gasteiger partial charge in [0, 0.05) is 10.8 Å². The molecule has 0 fully saturated rings. The molecule has 0 aliphatic heterocycles. The van der Waals surface area contributed by atoms with Crippen LogP contribution in [0.15, 0.2) is 162 Å². The molecule has 0 saturated carbocycles. The minimum atomic E-state index is -0.398. The maximum Gasteiger partial charge on any atom is 0.135 e. The van der Waals surface area contributed by atoms with Crippen molar-refractivity contribution in [1.29, 1.82) is 0 Å². The van der Waals surface area contributed by atoms with Crippen molar-refractivity contribution in [3.63, 3.8) is 0 Å². The van der Waals surface area contributed by atoms with Crippen LogP contribution in [0, 0.1) is 0 Å². The summed E-state index contributed by atoms with van der Waals surface area (Å²) in [5, 5.41) is 7.93. The fourth-order valence-corrected chi connectivity index (χ4v) is 6.73. The summed E-state index contributed by atoms with van der Waals surface area (Å²) in [6.07, 6.45) is 0. The van der Waals surface area contributed by atoms with E-state index in [0.717, 1.165) is 76.5 Å². The molecule has 200 valence electrons. The third kappa shape index (κ3) is 3.65. The van der Waals surface area contributed by atoms with E-state index in [2.05, 4.69) is 66.7 Å². The van der Waals surface area contributed by atoms with Crippen molar-refractivity contribution < 1.29 is 11.3 Å². The molecule has 0 radical (unpaired) electrons. The third-order valence-corrected chi connectivity index (χ3v) is 8.56. The molecular weight excluding hydrogens is 520 g/mol. The van der Waals surface area contributed by atoms with E-state index in [0.29, 0.717) is 5.56 Å². The van der Waals surface area contributed by atoms with Crippen molar-refractivity contribution in [3.8, 4) is 33.4 Å². The van der Waals surface area contributed by atoms with Crippen LogP contribution >= 0.6 is 0 Å². The fraction of sp³-hybridized carbons (Fsp3) is 0. The number of rotatable bonds is 3. The van der Waals surface area contributed by atoms with Crippen LogP contribution in [0.25, 0.3) is 87.6 Å². The summed E-state index contributed by atoms with van der Waals surface area (Å²) in [5.74, 6) is 0. The molecular formula is C42H26O. The van der Waals surface area contributed by atoms with Gasteiger partial charge in [-0.25, -0.2) is 0 Å². The third-order valence-electron chi connectivity index (χ3n) is 8.56. The first kappa shape index (κ1) is 19.5. The number of hydrogen-bond donors (Lipinski definition) is 0. The van der Waals surface area contributed by atoms with Crippen molar-refractivity contribution in [2.24, 2.45) is 0 Å². The van der Waals surface area contributed by atoms with Gasteiger partial charge >= 0.3 is 0 Å².